The smallest absolute Gasteiger partial charge is 0.268 e. The number of nitrogens with one attached hydrogen (secondary N) is 2. The summed E-state index contributed by atoms with van der Waals surface area (Å²) in [5.41, 5.74) is 0.930. The number of anilines is 1. The van der Waals surface area contributed by atoms with Crippen molar-refractivity contribution in [3.63, 3.8) is 0 Å². The molecule has 1 saturated heterocycles. The Hall–Kier alpha value is -1.97. The van der Waals surface area contributed by atoms with Crippen molar-refractivity contribution < 1.29 is 4.79 Å². The van der Waals surface area contributed by atoms with Gasteiger partial charge in [0.2, 0.25) is 5.95 Å². The monoisotopic (exact) mass is 395 g/mol. The largest absolute Gasteiger partial charge is 0.317 e. The molecule has 1 amide bonds. The Morgan fingerprint density at radius 2 is 2.00 bits per heavy atom. The molecule has 0 saturated carbocycles. The molecule has 2 N–H and O–H groups in total. The third-order valence-electron chi connectivity index (χ3n) is 4.63. The van der Waals surface area contributed by atoms with Crippen molar-refractivity contribution in [2.75, 3.05) is 18.4 Å². The minimum Gasteiger partial charge on any atom is -0.317 e. The third kappa shape index (κ3) is 3.34. The number of halogens is 1. The highest BCUT2D eigenvalue weighted by atomic mass is 35.5. The molecule has 4 rings (SSSR count). The van der Waals surface area contributed by atoms with E-state index in [1.54, 1.807) is 4.68 Å². The molecule has 0 spiro atoms. The molecule has 1 aliphatic rings. The maximum absolute atomic E-state index is 12.6. The number of rotatable bonds is 3. The summed E-state index contributed by atoms with van der Waals surface area (Å²) in [5.74, 6) is 1.51. The molecule has 26 heavy (non-hydrogen) atoms. The highest BCUT2D eigenvalue weighted by Gasteiger charge is 2.22. The standard InChI is InChI=1S/C16H21N7OS.ClH/c1-9-11-8-12(25-15(11)22(2)20-9)14(24)19-16-18-13(21-23(16)3)10-4-6-17-7-5-10;/h8,10,17H,4-7H2,1-3H3,(H,18,19,21,24);1H. The second kappa shape index (κ2) is 7.34. The number of fused-ring (bicyclic) bond motifs is 1. The number of aryl methyl sites for hydroxylation is 3. The molecule has 0 atom stereocenters. The van der Waals surface area contributed by atoms with Gasteiger partial charge in [0.25, 0.3) is 5.91 Å². The Bertz CT molecular complexity index is 904. The molecular formula is C16H22ClN7OS. The molecule has 0 bridgehead atoms. The van der Waals surface area contributed by atoms with Gasteiger partial charge < -0.3 is 5.32 Å². The lowest BCUT2D eigenvalue weighted by molar-refractivity contribution is 0.102. The Morgan fingerprint density at radius 1 is 1.27 bits per heavy atom. The van der Waals surface area contributed by atoms with Gasteiger partial charge in [0.05, 0.1) is 10.6 Å². The van der Waals surface area contributed by atoms with Crippen molar-refractivity contribution in [1.29, 1.82) is 0 Å². The Labute approximate surface area is 161 Å². The highest BCUT2D eigenvalue weighted by Crippen LogP contribution is 2.28. The van der Waals surface area contributed by atoms with Crippen molar-refractivity contribution in [3.8, 4) is 0 Å². The first-order valence-corrected chi connectivity index (χ1v) is 9.20. The van der Waals surface area contributed by atoms with E-state index in [9.17, 15) is 4.79 Å². The number of thiophene rings is 1. The van der Waals surface area contributed by atoms with Crippen molar-refractivity contribution in [1.82, 2.24) is 29.9 Å². The summed E-state index contributed by atoms with van der Waals surface area (Å²) in [5, 5.41) is 16.1. The lowest BCUT2D eigenvalue weighted by atomic mass is 9.98. The molecule has 0 aliphatic carbocycles. The topological polar surface area (TPSA) is 89.7 Å². The molecule has 0 radical (unpaired) electrons. The zero-order chi connectivity index (χ0) is 17.6. The van der Waals surface area contributed by atoms with Crippen LogP contribution in [0, 0.1) is 6.92 Å². The van der Waals surface area contributed by atoms with Gasteiger partial charge in [0, 0.05) is 25.4 Å². The van der Waals surface area contributed by atoms with Crippen LogP contribution in [-0.2, 0) is 14.1 Å². The maximum atomic E-state index is 12.6. The van der Waals surface area contributed by atoms with E-state index in [2.05, 4.69) is 25.8 Å². The molecule has 4 heterocycles. The minimum absolute atomic E-state index is 0. The molecule has 10 heteroatoms. The second-order valence-corrected chi connectivity index (χ2v) is 7.46. The summed E-state index contributed by atoms with van der Waals surface area (Å²) in [6.45, 7) is 3.92. The van der Waals surface area contributed by atoms with Crippen LogP contribution >= 0.6 is 23.7 Å². The normalized spacial score (nSPS) is 15.2. The fourth-order valence-corrected chi connectivity index (χ4v) is 4.26. The maximum Gasteiger partial charge on any atom is 0.268 e. The summed E-state index contributed by atoms with van der Waals surface area (Å²) in [7, 11) is 3.70. The molecule has 1 aliphatic heterocycles. The van der Waals surface area contributed by atoms with E-state index in [-0.39, 0.29) is 18.3 Å². The van der Waals surface area contributed by atoms with Crippen molar-refractivity contribution in [2.24, 2.45) is 14.1 Å². The van der Waals surface area contributed by atoms with Crippen LogP contribution < -0.4 is 10.6 Å². The first-order chi connectivity index (χ1) is 12.0. The molecule has 1 fully saturated rings. The summed E-state index contributed by atoms with van der Waals surface area (Å²) < 4.78 is 3.46. The van der Waals surface area contributed by atoms with E-state index in [1.807, 2.05) is 31.8 Å². The van der Waals surface area contributed by atoms with Gasteiger partial charge in [-0.1, -0.05) is 0 Å². The number of aromatic nitrogens is 5. The van der Waals surface area contributed by atoms with Crippen molar-refractivity contribution in [3.05, 3.63) is 22.5 Å². The fourth-order valence-electron chi connectivity index (χ4n) is 3.25. The Balaban J connectivity index is 0.00000196. The van der Waals surface area contributed by atoms with Crippen LogP contribution in [0.5, 0.6) is 0 Å². The van der Waals surface area contributed by atoms with E-state index in [4.69, 9.17) is 0 Å². The fraction of sp³-hybridized carbons (Fsp3) is 0.500. The number of piperidine rings is 1. The number of nitrogens with zero attached hydrogens (tertiary/aromatic N) is 5. The first-order valence-electron chi connectivity index (χ1n) is 8.39. The van der Waals surface area contributed by atoms with Gasteiger partial charge in [-0.3, -0.25) is 14.8 Å². The molecule has 140 valence electrons. The van der Waals surface area contributed by atoms with Crippen molar-refractivity contribution >= 4 is 45.8 Å². The van der Waals surface area contributed by atoms with Crippen LogP contribution in [0.25, 0.3) is 10.2 Å². The van der Waals surface area contributed by atoms with Gasteiger partial charge in [-0.05, 0) is 38.9 Å². The summed E-state index contributed by atoms with van der Waals surface area (Å²) >= 11 is 1.44. The van der Waals surface area contributed by atoms with E-state index in [0.717, 1.165) is 47.7 Å². The van der Waals surface area contributed by atoms with Gasteiger partial charge in [-0.15, -0.1) is 23.7 Å². The van der Waals surface area contributed by atoms with Crippen LogP contribution in [0.15, 0.2) is 6.07 Å². The summed E-state index contributed by atoms with van der Waals surface area (Å²) in [4.78, 5) is 18.8. The van der Waals surface area contributed by atoms with Crippen LogP contribution in [-0.4, -0.2) is 43.5 Å². The lowest BCUT2D eigenvalue weighted by Crippen LogP contribution is -2.27. The predicted molar refractivity (Wildman–Crippen MR) is 104 cm³/mol. The first kappa shape index (κ1) is 18.8. The van der Waals surface area contributed by atoms with Crippen LogP contribution in [0.1, 0.15) is 39.9 Å². The van der Waals surface area contributed by atoms with Crippen LogP contribution in [0.4, 0.5) is 5.95 Å². The Morgan fingerprint density at radius 3 is 2.69 bits per heavy atom. The van der Waals surface area contributed by atoms with Gasteiger partial charge in [-0.2, -0.15) is 15.2 Å². The molecule has 0 aromatic carbocycles. The number of hydrogen-bond donors (Lipinski definition) is 2. The van der Waals surface area contributed by atoms with E-state index < -0.39 is 0 Å². The van der Waals surface area contributed by atoms with E-state index >= 15 is 0 Å². The van der Waals surface area contributed by atoms with Gasteiger partial charge >= 0.3 is 0 Å². The number of carbonyl (C=O) groups excluding carboxylic acids is 1. The van der Waals surface area contributed by atoms with Crippen LogP contribution in [0.3, 0.4) is 0 Å². The molecular weight excluding hydrogens is 374 g/mol. The lowest BCUT2D eigenvalue weighted by Gasteiger charge is -2.19. The highest BCUT2D eigenvalue weighted by molar-refractivity contribution is 7.20. The quantitative estimate of drug-likeness (QED) is 0.709. The predicted octanol–water partition coefficient (Wildman–Crippen LogP) is 2.21. The third-order valence-corrected chi connectivity index (χ3v) is 5.83. The SMILES string of the molecule is Cc1nn(C)c2sc(C(=O)Nc3nc(C4CCNCC4)nn3C)cc12.Cl. The second-order valence-electron chi connectivity index (χ2n) is 6.43. The molecule has 3 aromatic heterocycles. The van der Waals surface area contributed by atoms with Crippen LogP contribution in [0.2, 0.25) is 0 Å². The number of amides is 1. The molecule has 0 unspecified atom stereocenters. The van der Waals surface area contributed by atoms with E-state index in [0.29, 0.717) is 16.7 Å². The van der Waals surface area contributed by atoms with Crippen molar-refractivity contribution in [2.45, 2.75) is 25.7 Å². The Kier molecular flexibility index (Phi) is 5.31. The van der Waals surface area contributed by atoms with Gasteiger partial charge in [-0.25, -0.2) is 4.68 Å². The minimum atomic E-state index is -0.159. The number of carbonyl (C=O) groups is 1. The molecule has 8 nitrogen and oxygen atoms in total. The average Bonchev–Trinajstić information content (AvgIpc) is 3.26. The average molecular weight is 396 g/mol. The summed E-state index contributed by atoms with van der Waals surface area (Å²) in [6, 6.07) is 1.89. The zero-order valence-corrected chi connectivity index (χ0v) is 16.6. The van der Waals surface area contributed by atoms with E-state index in [1.165, 1.54) is 11.3 Å². The number of hydrogen-bond acceptors (Lipinski definition) is 6. The summed E-state index contributed by atoms with van der Waals surface area (Å²) in [6.07, 6.45) is 2.06. The molecule has 3 aromatic rings. The van der Waals surface area contributed by atoms with Gasteiger partial charge in [0.15, 0.2) is 5.82 Å². The zero-order valence-electron chi connectivity index (χ0n) is 14.9. The van der Waals surface area contributed by atoms with Gasteiger partial charge in [0.1, 0.15) is 4.83 Å².